The zero-order chi connectivity index (χ0) is 16.1. The fourth-order valence-electron chi connectivity index (χ4n) is 2.05. The number of hydrogen-bond donors (Lipinski definition) is 2. The van der Waals surface area contributed by atoms with Gasteiger partial charge in [-0.3, -0.25) is 5.32 Å². The Labute approximate surface area is 133 Å². The monoisotopic (exact) mass is 322 g/mol. The van der Waals surface area contributed by atoms with E-state index in [0.717, 1.165) is 11.3 Å². The van der Waals surface area contributed by atoms with Gasteiger partial charge in [0.1, 0.15) is 5.82 Å². The normalized spacial score (nSPS) is 12.2. The highest BCUT2D eigenvalue weighted by atomic mass is 32.1. The van der Waals surface area contributed by atoms with E-state index in [0.29, 0.717) is 11.7 Å². The molecule has 1 aromatic heterocycles. The third-order valence-electron chi connectivity index (χ3n) is 3.15. The summed E-state index contributed by atoms with van der Waals surface area (Å²) in [7, 11) is 3.78. The van der Waals surface area contributed by atoms with E-state index in [2.05, 4.69) is 15.6 Å². The third-order valence-corrected chi connectivity index (χ3v) is 4.03. The van der Waals surface area contributed by atoms with E-state index in [1.54, 1.807) is 6.07 Å². The first-order chi connectivity index (χ1) is 10.5. The number of aromatic nitrogens is 1. The molecule has 5 nitrogen and oxygen atoms in total. The van der Waals surface area contributed by atoms with E-state index >= 15 is 0 Å². The average molecular weight is 322 g/mol. The highest BCUT2D eigenvalue weighted by Gasteiger charge is 2.16. The van der Waals surface area contributed by atoms with Gasteiger partial charge >= 0.3 is 6.03 Å². The Kier molecular flexibility index (Phi) is 5.46. The smallest absolute Gasteiger partial charge is 0.321 e. The molecule has 0 saturated carbocycles. The van der Waals surface area contributed by atoms with Crippen molar-refractivity contribution in [3.05, 3.63) is 46.7 Å². The fourth-order valence-corrected chi connectivity index (χ4v) is 2.74. The molecule has 0 aliphatic carbocycles. The van der Waals surface area contributed by atoms with Crippen molar-refractivity contribution in [2.75, 3.05) is 26.0 Å². The summed E-state index contributed by atoms with van der Waals surface area (Å²) >= 11 is 1.37. The van der Waals surface area contributed by atoms with Crippen molar-refractivity contribution in [2.24, 2.45) is 0 Å². The number of carbonyl (C=O) groups excluding carboxylic acids is 1. The van der Waals surface area contributed by atoms with Gasteiger partial charge in [0.15, 0.2) is 5.13 Å². The van der Waals surface area contributed by atoms with Crippen LogP contribution in [-0.4, -0.2) is 36.6 Å². The van der Waals surface area contributed by atoms with Crippen molar-refractivity contribution in [1.82, 2.24) is 15.2 Å². The Morgan fingerprint density at radius 1 is 1.45 bits per heavy atom. The summed E-state index contributed by atoms with van der Waals surface area (Å²) in [5.74, 6) is -0.285. The molecule has 0 radical (unpaired) electrons. The topological polar surface area (TPSA) is 57.3 Å². The van der Waals surface area contributed by atoms with Crippen LogP contribution in [0.25, 0.3) is 0 Å². The highest BCUT2D eigenvalue weighted by Crippen LogP contribution is 2.18. The lowest BCUT2D eigenvalue weighted by atomic mass is 10.1. The van der Waals surface area contributed by atoms with Crippen LogP contribution in [0.15, 0.2) is 29.6 Å². The number of aryl methyl sites for hydroxylation is 1. The fraction of sp³-hybridized carbons (Fsp3) is 0.333. The second-order valence-electron chi connectivity index (χ2n) is 5.16. The summed E-state index contributed by atoms with van der Waals surface area (Å²) < 4.78 is 13.4. The van der Waals surface area contributed by atoms with Gasteiger partial charge in [0.25, 0.3) is 0 Å². The van der Waals surface area contributed by atoms with Crippen LogP contribution < -0.4 is 10.6 Å². The molecule has 2 aromatic rings. The Hall–Kier alpha value is -1.99. The number of nitrogens with one attached hydrogen (secondary N) is 2. The molecule has 1 unspecified atom stereocenters. The summed E-state index contributed by atoms with van der Waals surface area (Å²) in [6, 6.07) is 5.96. The minimum Gasteiger partial charge on any atom is -0.336 e. The number of urea groups is 1. The molecule has 22 heavy (non-hydrogen) atoms. The quantitative estimate of drug-likeness (QED) is 0.889. The van der Waals surface area contributed by atoms with Gasteiger partial charge in [0, 0.05) is 11.9 Å². The standard InChI is InChI=1S/C15H19FN4OS/c1-10-9-22-15(18-10)19-14(21)17-8-13(20(2)3)11-5-4-6-12(16)7-11/h4-7,9,13H,8H2,1-3H3,(H2,17,18,19,21). The molecule has 7 heteroatoms. The minimum atomic E-state index is -0.322. The lowest BCUT2D eigenvalue weighted by Crippen LogP contribution is -2.36. The molecule has 0 bridgehead atoms. The van der Waals surface area contributed by atoms with E-state index in [4.69, 9.17) is 0 Å². The second kappa shape index (κ2) is 7.33. The Morgan fingerprint density at radius 2 is 2.23 bits per heavy atom. The number of anilines is 1. The predicted octanol–water partition coefficient (Wildman–Crippen LogP) is 3.02. The van der Waals surface area contributed by atoms with Gasteiger partial charge in [-0.1, -0.05) is 12.1 Å². The largest absolute Gasteiger partial charge is 0.336 e. The van der Waals surface area contributed by atoms with Gasteiger partial charge in [-0.05, 0) is 38.7 Å². The van der Waals surface area contributed by atoms with Gasteiger partial charge in [-0.25, -0.2) is 14.2 Å². The third kappa shape index (κ3) is 4.51. The molecule has 2 N–H and O–H groups in total. The number of rotatable bonds is 5. The average Bonchev–Trinajstić information content (AvgIpc) is 2.84. The summed E-state index contributed by atoms with van der Waals surface area (Å²) in [6.07, 6.45) is 0. The number of benzene rings is 1. The van der Waals surface area contributed by atoms with Crippen LogP contribution in [-0.2, 0) is 0 Å². The van der Waals surface area contributed by atoms with E-state index in [1.807, 2.05) is 37.4 Å². The second-order valence-corrected chi connectivity index (χ2v) is 6.02. The molecule has 0 saturated heterocycles. The van der Waals surface area contributed by atoms with Gasteiger partial charge in [-0.15, -0.1) is 11.3 Å². The first-order valence-electron chi connectivity index (χ1n) is 6.84. The number of halogens is 1. The lowest BCUT2D eigenvalue weighted by Gasteiger charge is -2.25. The van der Waals surface area contributed by atoms with E-state index in [1.165, 1.54) is 23.5 Å². The van der Waals surface area contributed by atoms with Crippen molar-refractivity contribution in [2.45, 2.75) is 13.0 Å². The van der Waals surface area contributed by atoms with Crippen LogP contribution in [0.4, 0.5) is 14.3 Å². The number of likely N-dealkylation sites (N-methyl/N-ethyl adjacent to an activating group) is 1. The molecule has 118 valence electrons. The Morgan fingerprint density at radius 3 is 2.82 bits per heavy atom. The molecule has 1 atom stereocenters. The molecule has 2 rings (SSSR count). The SMILES string of the molecule is Cc1csc(NC(=O)NCC(c2cccc(F)c2)N(C)C)n1. The number of thiazole rings is 1. The molecule has 2 amide bonds. The minimum absolute atomic E-state index is 0.112. The van der Waals surface area contributed by atoms with Crippen molar-refractivity contribution in [3.63, 3.8) is 0 Å². The Bertz CT molecular complexity index is 644. The number of nitrogens with zero attached hydrogens (tertiary/aromatic N) is 2. The van der Waals surface area contributed by atoms with E-state index in [9.17, 15) is 9.18 Å². The van der Waals surface area contributed by atoms with Gasteiger partial charge in [-0.2, -0.15) is 0 Å². The maximum atomic E-state index is 13.4. The summed E-state index contributed by atoms with van der Waals surface area (Å²) in [4.78, 5) is 18.0. The summed E-state index contributed by atoms with van der Waals surface area (Å²) in [6.45, 7) is 2.23. The predicted molar refractivity (Wildman–Crippen MR) is 86.7 cm³/mol. The molecule has 0 fully saturated rings. The molecule has 0 aliphatic heterocycles. The molecule has 1 aromatic carbocycles. The van der Waals surface area contributed by atoms with Crippen molar-refractivity contribution >= 4 is 22.5 Å². The molecule has 0 spiro atoms. The first-order valence-corrected chi connectivity index (χ1v) is 7.72. The van der Waals surface area contributed by atoms with E-state index < -0.39 is 0 Å². The highest BCUT2D eigenvalue weighted by molar-refractivity contribution is 7.13. The number of hydrogen-bond acceptors (Lipinski definition) is 4. The maximum absolute atomic E-state index is 13.4. The van der Waals surface area contributed by atoms with Crippen molar-refractivity contribution < 1.29 is 9.18 Å². The molecule has 1 heterocycles. The molecular formula is C15H19FN4OS. The molecular weight excluding hydrogens is 303 g/mol. The van der Waals surface area contributed by atoms with Gasteiger partial charge < -0.3 is 10.2 Å². The zero-order valence-corrected chi connectivity index (χ0v) is 13.6. The van der Waals surface area contributed by atoms with Crippen LogP contribution in [0.1, 0.15) is 17.3 Å². The Balaban J connectivity index is 1.95. The first kappa shape index (κ1) is 16.4. The number of carbonyl (C=O) groups is 1. The van der Waals surface area contributed by atoms with Gasteiger partial charge in [0.05, 0.1) is 11.7 Å². The summed E-state index contributed by atoms with van der Waals surface area (Å²) in [5.41, 5.74) is 1.68. The maximum Gasteiger partial charge on any atom is 0.321 e. The van der Waals surface area contributed by atoms with E-state index in [-0.39, 0.29) is 17.9 Å². The van der Waals surface area contributed by atoms with Crippen molar-refractivity contribution in [3.8, 4) is 0 Å². The van der Waals surface area contributed by atoms with Crippen LogP contribution >= 0.6 is 11.3 Å². The summed E-state index contributed by atoms with van der Waals surface area (Å²) in [5, 5.41) is 7.90. The van der Waals surface area contributed by atoms with Crippen molar-refractivity contribution in [1.29, 1.82) is 0 Å². The molecule has 0 aliphatic rings. The van der Waals surface area contributed by atoms with Crippen LogP contribution in [0.3, 0.4) is 0 Å². The zero-order valence-electron chi connectivity index (χ0n) is 12.8. The lowest BCUT2D eigenvalue weighted by molar-refractivity contribution is 0.243. The van der Waals surface area contributed by atoms with Crippen LogP contribution in [0, 0.1) is 12.7 Å². The number of amides is 2. The van der Waals surface area contributed by atoms with Crippen LogP contribution in [0.2, 0.25) is 0 Å². The van der Waals surface area contributed by atoms with Crippen LogP contribution in [0.5, 0.6) is 0 Å². The van der Waals surface area contributed by atoms with Gasteiger partial charge in [0.2, 0.25) is 0 Å².